The molecule has 1 unspecified atom stereocenters. The van der Waals surface area contributed by atoms with Crippen molar-refractivity contribution in [2.75, 3.05) is 37.4 Å². The van der Waals surface area contributed by atoms with Gasteiger partial charge in [-0.15, -0.1) is 0 Å². The average Bonchev–Trinajstić information content (AvgIpc) is 2.55. The molecule has 0 radical (unpaired) electrons. The molecule has 3 rings (SSSR count). The number of carbonyl (C=O) groups excluding carboxylic acids is 1. The lowest BCUT2D eigenvalue weighted by atomic mass is 10.1. The zero-order valence-corrected chi connectivity index (χ0v) is 11.9. The normalized spacial score (nSPS) is 18.7. The molecular formula is C15H18N4O2. The van der Waals surface area contributed by atoms with E-state index in [0.717, 1.165) is 16.5 Å². The van der Waals surface area contributed by atoms with Crippen LogP contribution in [0.15, 0.2) is 30.6 Å². The van der Waals surface area contributed by atoms with Crippen LogP contribution in [0, 0.1) is 0 Å². The fraction of sp³-hybridized carbons (Fsp3) is 0.333. The monoisotopic (exact) mass is 286 g/mol. The van der Waals surface area contributed by atoms with E-state index in [1.807, 2.05) is 18.2 Å². The van der Waals surface area contributed by atoms with Gasteiger partial charge in [0, 0.05) is 48.1 Å². The van der Waals surface area contributed by atoms with Crippen molar-refractivity contribution in [1.29, 1.82) is 0 Å². The highest BCUT2D eigenvalue weighted by Gasteiger charge is 2.30. The van der Waals surface area contributed by atoms with Crippen LogP contribution in [0.1, 0.15) is 0 Å². The lowest BCUT2D eigenvalue weighted by Gasteiger charge is -2.36. The Balaban J connectivity index is 2.10. The molecule has 1 saturated heterocycles. The number of amides is 1. The van der Waals surface area contributed by atoms with Crippen molar-refractivity contribution >= 4 is 28.1 Å². The smallest absolute Gasteiger partial charge is 0.244 e. The van der Waals surface area contributed by atoms with Crippen molar-refractivity contribution in [1.82, 2.24) is 10.3 Å². The topological polar surface area (TPSA) is 80.5 Å². The minimum Gasteiger partial charge on any atom is -0.398 e. The van der Waals surface area contributed by atoms with Gasteiger partial charge in [0.25, 0.3) is 0 Å². The molecule has 1 aliphatic rings. The number of nitrogens with two attached hydrogens (primary N) is 1. The minimum absolute atomic E-state index is 0.0475. The zero-order chi connectivity index (χ0) is 14.8. The van der Waals surface area contributed by atoms with Crippen LogP contribution >= 0.6 is 0 Å². The molecule has 2 heterocycles. The van der Waals surface area contributed by atoms with Gasteiger partial charge in [-0.25, -0.2) is 0 Å². The summed E-state index contributed by atoms with van der Waals surface area (Å²) in [6.07, 6.45) is 3.49. The number of nitrogen functional groups attached to an aromatic ring is 1. The Morgan fingerprint density at radius 1 is 1.43 bits per heavy atom. The highest BCUT2D eigenvalue weighted by Crippen LogP contribution is 2.32. The van der Waals surface area contributed by atoms with E-state index < -0.39 is 0 Å². The molecule has 0 saturated carbocycles. The molecule has 0 aliphatic carbocycles. The number of likely N-dealkylation sites (N-methyl/N-ethyl adjacent to an activating group) is 1. The molecule has 1 aliphatic heterocycles. The van der Waals surface area contributed by atoms with E-state index in [-0.39, 0.29) is 11.9 Å². The summed E-state index contributed by atoms with van der Waals surface area (Å²) in [5, 5.41) is 4.60. The van der Waals surface area contributed by atoms with E-state index in [9.17, 15) is 4.79 Å². The second-order valence-corrected chi connectivity index (χ2v) is 4.99. The Hall–Kier alpha value is -2.34. The molecular weight excluding hydrogens is 268 g/mol. The molecule has 1 aromatic heterocycles. The molecule has 6 nitrogen and oxygen atoms in total. The summed E-state index contributed by atoms with van der Waals surface area (Å²) in [5.74, 6) is -0.0475. The van der Waals surface area contributed by atoms with Gasteiger partial charge in [-0.05, 0) is 18.2 Å². The van der Waals surface area contributed by atoms with E-state index in [0.29, 0.717) is 25.4 Å². The van der Waals surface area contributed by atoms with Crippen molar-refractivity contribution < 1.29 is 9.53 Å². The fourth-order valence-electron chi connectivity index (χ4n) is 2.72. The molecule has 1 fully saturated rings. The third-order valence-electron chi connectivity index (χ3n) is 3.82. The van der Waals surface area contributed by atoms with Crippen LogP contribution in [-0.2, 0) is 9.53 Å². The van der Waals surface area contributed by atoms with Crippen LogP contribution in [0.5, 0.6) is 0 Å². The molecule has 1 amide bonds. The molecule has 110 valence electrons. The first kappa shape index (κ1) is 13.6. The Morgan fingerprint density at radius 2 is 2.29 bits per heavy atom. The van der Waals surface area contributed by atoms with Gasteiger partial charge in [0.15, 0.2) is 0 Å². The first-order valence-electron chi connectivity index (χ1n) is 6.90. The van der Waals surface area contributed by atoms with Crippen LogP contribution in [0.25, 0.3) is 10.8 Å². The van der Waals surface area contributed by atoms with E-state index in [1.54, 1.807) is 19.4 Å². The number of morpholine rings is 1. The van der Waals surface area contributed by atoms with Gasteiger partial charge in [-0.1, -0.05) is 0 Å². The number of rotatable bonds is 2. The largest absolute Gasteiger partial charge is 0.398 e. The Bertz CT molecular complexity index is 674. The van der Waals surface area contributed by atoms with Gasteiger partial charge >= 0.3 is 0 Å². The molecule has 0 bridgehead atoms. The van der Waals surface area contributed by atoms with E-state index in [4.69, 9.17) is 10.5 Å². The third-order valence-corrected chi connectivity index (χ3v) is 3.82. The van der Waals surface area contributed by atoms with E-state index >= 15 is 0 Å². The number of ether oxygens (including phenoxy) is 1. The molecule has 6 heteroatoms. The van der Waals surface area contributed by atoms with Crippen molar-refractivity contribution in [2.45, 2.75) is 6.04 Å². The maximum Gasteiger partial charge on any atom is 0.244 e. The highest BCUT2D eigenvalue weighted by atomic mass is 16.5. The SMILES string of the molecule is CNC(=O)C1COCCN1c1ccc(N)c2cnccc12. The Labute approximate surface area is 122 Å². The predicted octanol–water partition coefficient (Wildman–Crippen LogP) is 0.768. The number of aromatic nitrogens is 1. The van der Waals surface area contributed by atoms with Crippen molar-refractivity contribution in [2.24, 2.45) is 0 Å². The zero-order valence-electron chi connectivity index (χ0n) is 11.9. The van der Waals surface area contributed by atoms with Crippen molar-refractivity contribution in [3.05, 3.63) is 30.6 Å². The summed E-state index contributed by atoms with van der Waals surface area (Å²) in [5.41, 5.74) is 7.68. The summed E-state index contributed by atoms with van der Waals surface area (Å²) in [7, 11) is 1.64. The number of benzene rings is 1. The fourth-order valence-corrected chi connectivity index (χ4v) is 2.72. The molecule has 21 heavy (non-hydrogen) atoms. The van der Waals surface area contributed by atoms with E-state index in [2.05, 4.69) is 15.2 Å². The highest BCUT2D eigenvalue weighted by molar-refractivity contribution is 6.02. The Morgan fingerprint density at radius 3 is 3.10 bits per heavy atom. The van der Waals surface area contributed by atoms with Crippen LogP contribution < -0.4 is 16.0 Å². The number of hydrogen-bond acceptors (Lipinski definition) is 5. The lowest BCUT2D eigenvalue weighted by molar-refractivity contribution is -0.124. The third kappa shape index (κ3) is 2.38. The minimum atomic E-state index is -0.330. The summed E-state index contributed by atoms with van der Waals surface area (Å²) in [6.45, 7) is 1.65. The predicted molar refractivity (Wildman–Crippen MR) is 82.2 cm³/mol. The Kier molecular flexibility index (Phi) is 3.62. The van der Waals surface area contributed by atoms with Gasteiger partial charge in [-0.2, -0.15) is 0 Å². The molecule has 1 atom stereocenters. The molecule has 0 spiro atoms. The lowest BCUT2D eigenvalue weighted by Crippen LogP contribution is -2.53. The maximum absolute atomic E-state index is 12.1. The number of nitrogens with zero attached hydrogens (tertiary/aromatic N) is 2. The van der Waals surface area contributed by atoms with Gasteiger partial charge in [0.2, 0.25) is 5.91 Å². The standard InChI is InChI=1S/C15H18N4O2/c1-17-15(20)14-9-21-7-6-19(14)13-3-2-12(16)11-8-18-5-4-10(11)13/h2-5,8,14H,6-7,9,16H2,1H3,(H,17,20). The summed E-state index contributed by atoms with van der Waals surface area (Å²) >= 11 is 0. The average molecular weight is 286 g/mol. The summed E-state index contributed by atoms with van der Waals surface area (Å²) in [6, 6.07) is 5.41. The second kappa shape index (κ2) is 5.57. The van der Waals surface area contributed by atoms with Crippen molar-refractivity contribution in [3.63, 3.8) is 0 Å². The van der Waals surface area contributed by atoms with Crippen LogP contribution in [0.3, 0.4) is 0 Å². The number of anilines is 2. The first-order chi connectivity index (χ1) is 10.2. The number of carbonyl (C=O) groups is 1. The number of fused-ring (bicyclic) bond motifs is 1. The van der Waals surface area contributed by atoms with Crippen LogP contribution in [0.4, 0.5) is 11.4 Å². The van der Waals surface area contributed by atoms with Gasteiger partial charge in [0.1, 0.15) is 6.04 Å². The number of pyridine rings is 1. The van der Waals surface area contributed by atoms with Gasteiger partial charge in [-0.3, -0.25) is 9.78 Å². The summed E-state index contributed by atoms with van der Waals surface area (Å²) in [4.78, 5) is 18.3. The maximum atomic E-state index is 12.1. The first-order valence-corrected chi connectivity index (χ1v) is 6.90. The molecule has 3 N–H and O–H groups in total. The van der Waals surface area contributed by atoms with Gasteiger partial charge in [0.05, 0.1) is 13.2 Å². The van der Waals surface area contributed by atoms with E-state index in [1.165, 1.54) is 0 Å². The second-order valence-electron chi connectivity index (χ2n) is 4.99. The van der Waals surface area contributed by atoms with Gasteiger partial charge < -0.3 is 20.7 Å². The number of hydrogen-bond donors (Lipinski definition) is 2. The van der Waals surface area contributed by atoms with Crippen molar-refractivity contribution in [3.8, 4) is 0 Å². The van der Waals surface area contributed by atoms with Crippen LogP contribution in [-0.4, -0.2) is 43.7 Å². The van der Waals surface area contributed by atoms with Crippen LogP contribution in [0.2, 0.25) is 0 Å². The quantitative estimate of drug-likeness (QED) is 0.797. The number of nitrogens with one attached hydrogen (secondary N) is 1. The molecule has 1 aromatic carbocycles. The molecule has 2 aromatic rings. The summed E-state index contributed by atoms with van der Waals surface area (Å²) < 4.78 is 5.45.